The lowest BCUT2D eigenvalue weighted by Crippen LogP contribution is -2.33. The number of carbonyl (C=O) groups excluding carboxylic acids is 1. The molecule has 2 aromatic heterocycles. The molecule has 0 atom stereocenters. The lowest BCUT2D eigenvalue weighted by Gasteiger charge is -2.21. The molecule has 3 aromatic rings. The molecule has 1 aromatic carbocycles. The summed E-state index contributed by atoms with van der Waals surface area (Å²) < 4.78 is 1.32. The summed E-state index contributed by atoms with van der Waals surface area (Å²) in [5.74, 6) is 0. The Balaban J connectivity index is 2.00. The summed E-state index contributed by atoms with van der Waals surface area (Å²) in [7, 11) is 0. The van der Waals surface area contributed by atoms with Gasteiger partial charge in [-0.15, -0.1) is 0 Å². The van der Waals surface area contributed by atoms with E-state index < -0.39 is 0 Å². The van der Waals surface area contributed by atoms with Gasteiger partial charge in [-0.25, -0.2) is 4.79 Å². The van der Waals surface area contributed by atoms with E-state index in [9.17, 15) is 9.59 Å². The van der Waals surface area contributed by atoms with Gasteiger partial charge in [0.25, 0.3) is 5.56 Å². The highest BCUT2D eigenvalue weighted by molar-refractivity contribution is 5.95. The van der Waals surface area contributed by atoms with Crippen LogP contribution in [0.25, 0.3) is 16.8 Å². The maximum Gasteiger partial charge on any atom is 0.319 e. The number of urea groups is 1. The fourth-order valence-electron chi connectivity index (χ4n) is 2.63. The maximum atomic E-state index is 11.8. The summed E-state index contributed by atoms with van der Waals surface area (Å²) in [6.45, 7) is 0.441. The lowest BCUT2D eigenvalue weighted by molar-refractivity contribution is 0.251. The summed E-state index contributed by atoms with van der Waals surface area (Å²) in [6.07, 6.45) is 1.48. The van der Waals surface area contributed by atoms with Crippen molar-refractivity contribution < 1.29 is 4.79 Å². The molecule has 0 saturated carbocycles. The number of amides is 2. The van der Waals surface area contributed by atoms with Crippen LogP contribution >= 0.6 is 0 Å². The summed E-state index contributed by atoms with van der Waals surface area (Å²) in [5.41, 5.74) is 4.01. The maximum absolute atomic E-state index is 11.8. The van der Waals surface area contributed by atoms with E-state index in [0.717, 1.165) is 22.4 Å². The molecular weight excluding hydrogens is 270 g/mol. The van der Waals surface area contributed by atoms with Crippen LogP contribution in [0.1, 0.15) is 5.56 Å². The third-order valence-corrected chi connectivity index (χ3v) is 3.58. The summed E-state index contributed by atoms with van der Waals surface area (Å²) in [4.78, 5) is 26.2. The predicted octanol–water partition coefficient (Wildman–Crippen LogP) is 1.32. The van der Waals surface area contributed by atoms with Crippen molar-refractivity contribution in [1.29, 1.82) is 0 Å². The van der Waals surface area contributed by atoms with Gasteiger partial charge in [0.2, 0.25) is 0 Å². The second kappa shape index (κ2) is 4.20. The number of aromatic nitrogens is 3. The van der Waals surface area contributed by atoms with Crippen molar-refractivity contribution in [3.05, 3.63) is 52.6 Å². The number of benzene rings is 1. The molecule has 0 bridgehead atoms. The van der Waals surface area contributed by atoms with E-state index in [1.807, 2.05) is 18.2 Å². The number of hydrogen-bond donors (Lipinski definition) is 3. The highest BCUT2D eigenvalue weighted by Gasteiger charge is 2.19. The Morgan fingerprint density at radius 1 is 1.10 bits per heavy atom. The van der Waals surface area contributed by atoms with Crippen molar-refractivity contribution in [2.24, 2.45) is 0 Å². The van der Waals surface area contributed by atoms with Crippen LogP contribution in [0.5, 0.6) is 0 Å². The van der Waals surface area contributed by atoms with Crippen LogP contribution in [0.4, 0.5) is 10.5 Å². The minimum absolute atomic E-state index is 0.189. The normalized spacial score (nSPS) is 13.6. The first-order valence-electron chi connectivity index (χ1n) is 6.46. The second-order valence-corrected chi connectivity index (χ2v) is 4.77. The highest BCUT2D eigenvalue weighted by Crippen LogP contribution is 2.32. The first kappa shape index (κ1) is 11.7. The molecule has 4 rings (SSSR count). The summed E-state index contributed by atoms with van der Waals surface area (Å²) in [5, 5.41) is 9.53. The molecule has 0 spiro atoms. The van der Waals surface area contributed by atoms with Crippen LogP contribution in [0.3, 0.4) is 0 Å². The van der Waals surface area contributed by atoms with Crippen LogP contribution in [0, 0.1) is 0 Å². The minimum atomic E-state index is -0.212. The molecule has 104 valence electrons. The number of nitrogens with one attached hydrogen (secondary N) is 3. The van der Waals surface area contributed by atoms with Gasteiger partial charge in [0.15, 0.2) is 0 Å². The van der Waals surface area contributed by atoms with E-state index in [-0.39, 0.29) is 11.6 Å². The van der Waals surface area contributed by atoms with Gasteiger partial charge in [0, 0.05) is 29.4 Å². The summed E-state index contributed by atoms with van der Waals surface area (Å²) >= 11 is 0. The summed E-state index contributed by atoms with van der Waals surface area (Å²) in [6, 6.07) is 8.72. The van der Waals surface area contributed by atoms with Gasteiger partial charge < -0.3 is 15.6 Å². The van der Waals surface area contributed by atoms with Gasteiger partial charge in [0.05, 0.1) is 0 Å². The first-order valence-corrected chi connectivity index (χ1v) is 6.46. The predicted molar refractivity (Wildman–Crippen MR) is 77.1 cm³/mol. The molecule has 21 heavy (non-hydrogen) atoms. The van der Waals surface area contributed by atoms with Crippen LogP contribution in [0.15, 0.2) is 41.5 Å². The Kier molecular flexibility index (Phi) is 2.34. The molecule has 0 fully saturated rings. The van der Waals surface area contributed by atoms with E-state index >= 15 is 0 Å². The second-order valence-electron chi connectivity index (χ2n) is 4.77. The number of anilines is 1. The Labute approximate surface area is 118 Å². The number of H-pyrrole nitrogens is 1. The lowest BCUT2D eigenvalue weighted by atomic mass is 9.98. The zero-order chi connectivity index (χ0) is 14.4. The van der Waals surface area contributed by atoms with Gasteiger partial charge in [0.1, 0.15) is 12.0 Å². The van der Waals surface area contributed by atoms with Gasteiger partial charge in [-0.2, -0.15) is 9.61 Å². The van der Waals surface area contributed by atoms with Crippen LogP contribution in [-0.2, 0) is 6.54 Å². The Bertz CT molecular complexity index is 925. The van der Waals surface area contributed by atoms with E-state index in [1.54, 1.807) is 6.07 Å². The number of hydrogen-bond acceptors (Lipinski definition) is 3. The van der Waals surface area contributed by atoms with Crippen molar-refractivity contribution in [2.75, 3.05) is 5.32 Å². The topological polar surface area (TPSA) is 91.3 Å². The van der Waals surface area contributed by atoms with Crippen molar-refractivity contribution in [2.45, 2.75) is 6.54 Å². The van der Waals surface area contributed by atoms with Crippen LogP contribution < -0.4 is 16.2 Å². The molecule has 3 N–H and O–H groups in total. The molecule has 0 radical (unpaired) electrons. The Morgan fingerprint density at radius 3 is 2.90 bits per heavy atom. The fraction of sp³-hybridized carbons (Fsp3) is 0.0714. The van der Waals surface area contributed by atoms with E-state index in [1.165, 1.54) is 16.9 Å². The monoisotopic (exact) mass is 281 g/mol. The zero-order valence-corrected chi connectivity index (χ0v) is 10.9. The molecule has 7 nitrogen and oxygen atoms in total. The number of aromatic amines is 1. The molecule has 1 aliphatic heterocycles. The molecule has 2 amide bonds. The number of pyridine rings is 1. The van der Waals surface area contributed by atoms with Gasteiger partial charge in [-0.05, 0) is 17.7 Å². The molecule has 0 unspecified atom stereocenters. The smallest absolute Gasteiger partial charge is 0.319 e. The number of nitrogens with zero attached hydrogens (tertiary/aromatic N) is 2. The van der Waals surface area contributed by atoms with E-state index in [4.69, 9.17) is 0 Å². The van der Waals surface area contributed by atoms with Crippen LogP contribution in [0.2, 0.25) is 0 Å². The third kappa shape index (κ3) is 1.71. The number of rotatable bonds is 1. The third-order valence-electron chi connectivity index (χ3n) is 3.58. The number of carbonyl (C=O) groups is 1. The zero-order valence-electron chi connectivity index (χ0n) is 10.9. The van der Waals surface area contributed by atoms with Gasteiger partial charge in [-0.1, -0.05) is 12.1 Å². The largest absolute Gasteiger partial charge is 0.334 e. The van der Waals surface area contributed by atoms with Crippen molar-refractivity contribution >= 4 is 17.4 Å². The average Bonchev–Trinajstić information content (AvgIpc) is 2.97. The molecule has 3 heterocycles. The van der Waals surface area contributed by atoms with Crippen molar-refractivity contribution in [3.8, 4) is 11.1 Å². The first-order chi connectivity index (χ1) is 10.2. The molecule has 0 aliphatic carbocycles. The SMILES string of the molecule is O=C1NCc2c(cccc2-c2ccc(=O)n3nc[nH]c23)N1. The van der Waals surface area contributed by atoms with Crippen molar-refractivity contribution in [1.82, 2.24) is 19.9 Å². The Morgan fingerprint density at radius 2 is 2.00 bits per heavy atom. The minimum Gasteiger partial charge on any atom is -0.334 e. The molecule has 1 aliphatic rings. The van der Waals surface area contributed by atoms with Crippen molar-refractivity contribution in [3.63, 3.8) is 0 Å². The fourth-order valence-corrected chi connectivity index (χ4v) is 2.63. The van der Waals surface area contributed by atoms with Gasteiger partial charge in [-0.3, -0.25) is 4.79 Å². The molecular formula is C14H11N5O2. The molecule has 0 saturated heterocycles. The standard InChI is InChI=1S/C14H11N5O2/c20-12-5-4-9(13-16-7-17-19(12)13)8-2-1-3-11-10(8)6-15-14(21)18-11/h1-5,7H,6H2,(H,16,17)(H2,15,18,21). The highest BCUT2D eigenvalue weighted by atomic mass is 16.2. The number of fused-ring (bicyclic) bond motifs is 2. The van der Waals surface area contributed by atoms with E-state index in [2.05, 4.69) is 20.7 Å². The van der Waals surface area contributed by atoms with Crippen LogP contribution in [-0.4, -0.2) is 20.6 Å². The molecule has 7 heteroatoms. The Hall–Kier alpha value is -3.09. The quantitative estimate of drug-likeness (QED) is 0.628. The average molecular weight is 281 g/mol. The van der Waals surface area contributed by atoms with E-state index in [0.29, 0.717) is 12.2 Å². The van der Waals surface area contributed by atoms with Gasteiger partial charge >= 0.3 is 6.03 Å².